The maximum Gasteiger partial charge on any atom is 0.265 e. The molecule has 0 unspecified atom stereocenters. The summed E-state index contributed by atoms with van der Waals surface area (Å²) in [7, 11) is 0. The van der Waals surface area contributed by atoms with Crippen LogP contribution in [-0.2, 0) is 16.1 Å². The largest absolute Gasteiger partial charge is 0.340 e. The van der Waals surface area contributed by atoms with Gasteiger partial charge < -0.3 is 4.57 Å². The highest BCUT2D eigenvalue weighted by molar-refractivity contribution is 7.80. The summed E-state index contributed by atoms with van der Waals surface area (Å²) in [6.45, 7) is 6.61. The average molecular weight is 416 g/mol. The number of nitrogens with one attached hydrogen (secondary N) is 1. The highest BCUT2D eigenvalue weighted by Gasteiger charge is 2.33. The van der Waals surface area contributed by atoms with E-state index in [1.165, 1.54) is 10.5 Å². The maximum atomic E-state index is 12.9. The van der Waals surface area contributed by atoms with Crippen LogP contribution >= 0.6 is 12.2 Å². The molecule has 2 aromatic carbocycles. The Balaban J connectivity index is 1.84. The van der Waals surface area contributed by atoms with Gasteiger partial charge in [-0.2, -0.15) is 0 Å². The molecule has 0 aliphatic carbocycles. The number of benzene rings is 2. The van der Waals surface area contributed by atoms with Crippen molar-refractivity contribution in [1.29, 1.82) is 0 Å². The first kappa shape index (κ1) is 19.8. The molecule has 6 heteroatoms. The van der Waals surface area contributed by atoms with Gasteiger partial charge >= 0.3 is 0 Å². The summed E-state index contributed by atoms with van der Waals surface area (Å²) in [5, 5.41) is 3.69. The molecule has 0 atom stereocenters. The molecule has 3 aromatic rings. The van der Waals surface area contributed by atoms with E-state index in [1.54, 1.807) is 12.2 Å². The molecule has 5 nitrogen and oxygen atoms in total. The van der Waals surface area contributed by atoms with Crippen LogP contribution in [0.5, 0.6) is 0 Å². The molecular formula is C24H21N3O2S. The first-order valence-electron chi connectivity index (χ1n) is 9.62. The number of thiocarbonyl (C=S) groups is 1. The molecule has 30 heavy (non-hydrogen) atoms. The fourth-order valence-electron chi connectivity index (χ4n) is 3.74. The SMILES string of the molecule is C=CCN1C(=O)/C(=C/c2c(C)n(Cc3ccccc3)c3ccccc23)C(=O)NC1=S. The van der Waals surface area contributed by atoms with E-state index >= 15 is 0 Å². The Morgan fingerprint density at radius 3 is 2.50 bits per heavy atom. The van der Waals surface area contributed by atoms with Gasteiger partial charge in [0.1, 0.15) is 5.57 Å². The van der Waals surface area contributed by atoms with Gasteiger partial charge in [0.2, 0.25) is 0 Å². The lowest BCUT2D eigenvalue weighted by Gasteiger charge is -2.27. The van der Waals surface area contributed by atoms with Gasteiger partial charge in [0.05, 0.1) is 0 Å². The lowest BCUT2D eigenvalue weighted by molar-refractivity contribution is -0.128. The highest BCUT2D eigenvalue weighted by atomic mass is 32.1. The second kappa shape index (κ2) is 8.08. The Kier molecular flexibility index (Phi) is 5.33. The van der Waals surface area contributed by atoms with E-state index in [9.17, 15) is 9.59 Å². The van der Waals surface area contributed by atoms with Crippen LogP contribution in [0.2, 0.25) is 0 Å². The number of aromatic nitrogens is 1. The Hall–Kier alpha value is -3.51. The highest BCUT2D eigenvalue weighted by Crippen LogP contribution is 2.29. The predicted octanol–water partition coefficient (Wildman–Crippen LogP) is 3.81. The molecule has 0 radical (unpaired) electrons. The number of carbonyl (C=O) groups is 2. The number of para-hydroxylation sites is 1. The van der Waals surface area contributed by atoms with Gasteiger partial charge in [0, 0.05) is 35.2 Å². The Morgan fingerprint density at radius 1 is 1.07 bits per heavy atom. The molecule has 1 fully saturated rings. The molecular weight excluding hydrogens is 394 g/mol. The fourth-order valence-corrected chi connectivity index (χ4v) is 3.99. The van der Waals surface area contributed by atoms with Gasteiger partial charge in [0.15, 0.2) is 5.11 Å². The zero-order chi connectivity index (χ0) is 21.3. The van der Waals surface area contributed by atoms with Crippen LogP contribution in [-0.4, -0.2) is 32.9 Å². The van der Waals surface area contributed by atoms with Crippen molar-refractivity contribution in [3.05, 3.63) is 89.6 Å². The molecule has 0 spiro atoms. The minimum absolute atomic E-state index is 0.0659. The molecule has 2 amide bonds. The number of fused-ring (bicyclic) bond motifs is 1. The molecule has 1 aromatic heterocycles. The van der Waals surface area contributed by atoms with Gasteiger partial charge in [-0.05, 0) is 36.8 Å². The molecule has 4 rings (SSSR count). The Morgan fingerprint density at radius 2 is 1.77 bits per heavy atom. The summed E-state index contributed by atoms with van der Waals surface area (Å²) in [6.07, 6.45) is 3.25. The number of hydrogen-bond acceptors (Lipinski definition) is 3. The molecule has 0 bridgehead atoms. The number of carbonyl (C=O) groups excluding carboxylic acids is 2. The normalized spacial score (nSPS) is 15.7. The summed E-state index contributed by atoms with van der Waals surface area (Å²) in [6, 6.07) is 18.2. The van der Waals surface area contributed by atoms with Crippen LogP contribution < -0.4 is 5.32 Å². The predicted molar refractivity (Wildman–Crippen MR) is 123 cm³/mol. The lowest BCUT2D eigenvalue weighted by atomic mass is 10.0. The van der Waals surface area contributed by atoms with E-state index in [2.05, 4.69) is 34.7 Å². The number of hydrogen-bond donors (Lipinski definition) is 1. The van der Waals surface area contributed by atoms with Gasteiger partial charge in [-0.1, -0.05) is 54.6 Å². The number of amides is 2. The Labute approximate surface area is 180 Å². The molecule has 1 saturated heterocycles. The molecule has 0 saturated carbocycles. The van der Waals surface area contributed by atoms with E-state index < -0.39 is 11.8 Å². The average Bonchev–Trinajstić information content (AvgIpc) is 3.00. The molecule has 1 aliphatic rings. The van der Waals surface area contributed by atoms with Gasteiger partial charge in [0.25, 0.3) is 11.8 Å². The summed E-state index contributed by atoms with van der Waals surface area (Å²) in [5.41, 5.74) is 4.13. The molecule has 1 aliphatic heterocycles. The van der Waals surface area contributed by atoms with Gasteiger partial charge in [-0.25, -0.2) is 0 Å². The first-order chi connectivity index (χ1) is 14.5. The van der Waals surface area contributed by atoms with Crippen LogP contribution in [0.4, 0.5) is 0 Å². The topological polar surface area (TPSA) is 54.3 Å². The van der Waals surface area contributed by atoms with Gasteiger partial charge in [-0.15, -0.1) is 6.58 Å². The Bertz CT molecular complexity index is 1210. The van der Waals surface area contributed by atoms with E-state index in [4.69, 9.17) is 12.2 Å². The van der Waals surface area contributed by atoms with E-state index in [-0.39, 0.29) is 17.2 Å². The van der Waals surface area contributed by atoms with Crippen molar-refractivity contribution in [2.24, 2.45) is 0 Å². The van der Waals surface area contributed by atoms with Crippen molar-refractivity contribution < 1.29 is 9.59 Å². The van der Waals surface area contributed by atoms with E-state index in [0.717, 1.165) is 22.2 Å². The second-order valence-corrected chi connectivity index (χ2v) is 7.50. The minimum atomic E-state index is -0.482. The van der Waals surface area contributed by atoms with Crippen molar-refractivity contribution >= 4 is 46.1 Å². The minimum Gasteiger partial charge on any atom is -0.340 e. The van der Waals surface area contributed by atoms with E-state index in [0.29, 0.717) is 6.54 Å². The monoisotopic (exact) mass is 415 g/mol. The van der Waals surface area contributed by atoms with Crippen LogP contribution in [0, 0.1) is 6.92 Å². The van der Waals surface area contributed by atoms with Crippen molar-refractivity contribution in [2.75, 3.05) is 6.54 Å². The second-order valence-electron chi connectivity index (χ2n) is 7.11. The smallest absolute Gasteiger partial charge is 0.265 e. The summed E-state index contributed by atoms with van der Waals surface area (Å²) in [4.78, 5) is 26.8. The fraction of sp³-hybridized carbons (Fsp3) is 0.125. The van der Waals surface area contributed by atoms with Crippen LogP contribution in [0.1, 0.15) is 16.8 Å². The third-order valence-electron chi connectivity index (χ3n) is 5.25. The van der Waals surface area contributed by atoms with Crippen molar-refractivity contribution in [1.82, 2.24) is 14.8 Å². The van der Waals surface area contributed by atoms with Crippen LogP contribution in [0.25, 0.3) is 17.0 Å². The summed E-state index contributed by atoms with van der Waals surface area (Å²) in [5.74, 6) is -0.896. The van der Waals surface area contributed by atoms with Crippen molar-refractivity contribution in [3.8, 4) is 0 Å². The van der Waals surface area contributed by atoms with Crippen LogP contribution in [0.15, 0.2) is 72.8 Å². The third-order valence-corrected chi connectivity index (χ3v) is 5.57. The molecule has 2 heterocycles. The standard InChI is InChI=1S/C24H21N3O2S/c1-3-13-26-23(29)20(22(28)25-24(26)30)14-19-16(2)27(15-17-9-5-4-6-10-17)21-12-8-7-11-18(19)21/h3-12,14H,1,13,15H2,2H3,(H,25,28,30)/b20-14+. The van der Waals surface area contributed by atoms with E-state index in [1.807, 2.05) is 43.3 Å². The summed E-state index contributed by atoms with van der Waals surface area (Å²) < 4.78 is 2.20. The number of rotatable bonds is 5. The lowest BCUT2D eigenvalue weighted by Crippen LogP contribution is -2.53. The van der Waals surface area contributed by atoms with Crippen molar-refractivity contribution in [3.63, 3.8) is 0 Å². The third kappa shape index (κ3) is 3.46. The number of nitrogens with zero attached hydrogens (tertiary/aromatic N) is 2. The van der Waals surface area contributed by atoms with Crippen LogP contribution in [0.3, 0.4) is 0 Å². The first-order valence-corrected chi connectivity index (χ1v) is 10.0. The zero-order valence-electron chi connectivity index (χ0n) is 16.6. The van der Waals surface area contributed by atoms with Crippen molar-refractivity contribution in [2.45, 2.75) is 13.5 Å². The maximum absolute atomic E-state index is 12.9. The van der Waals surface area contributed by atoms with Gasteiger partial charge in [-0.3, -0.25) is 19.8 Å². The zero-order valence-corrected chi connectivity index (χ0v) is 17.4. The quantitative estimate of drug-likeness (QED) is 0.298. The molecule has 1 N–H and O–H groups in total. The summed E-state index contributed by atoms with van der Waals surface area (Å²) >= 11 is 5.14. The molecule has 150 valence electrons.